The van der Waals surface area contributed by atoms with Crippen molar-refractivity contribution in [3.8, 4) is 0 Å². The highest BCUT2D eigenvalue weighted by molar-refractivity contribution is 9.11. The minimum absolute atomic E-state index is 0.147. The van der Waals surface area contributed by atoms with Gasteiger partial charge in [0.25, 0.3) is 5.56 Å². The summed E-state index contributed by atoms with van der Waals surface area (Å²) in [7, 11) is 0. The first-order valence-electron chi connectivity index (χ1n) is 9.77. The molecule has 2 unspecified atom stereocenters. The number of H-pyrrole nitrogens is 1. The monoisotopic (exact) mass is 459 g/mol. The van der Waals surface area contributed by atoms with Gasteiger partial charge in [0.05, 0.1) is 11.5 Å². The number of aryl methyl sites for hydroxylation is 1. The van der Waals surface area contributed by atoms with Gasteiger partial charge in [-0.15, -0.1) is 0 Å². The molecule has 0 bridgehead atoms. The van der Waals surface area contributed by atoms with Crippen LogP contribution in [0, 0.1) is 12.8 Å². The molecule has 3 rings (SSSR count). The topological polar surface area (TPSA) is 91.1 Å². The first kappa shape index (κ1) is 21.3. The first-order chi connectivity index (χ1) is 13.7. The van der Waals surface area contributed by atoms with Gasteiger partial charge in [0.2, 0.25) is 11.8 Å². The molecule has 1 heterocycles. The van der Waals surface area contributed by atoms with E-state index in [4.69, 9.17) is 0 Å². The average Bonchev–Trinajstić information content (AvgIpc) is 2.69. The van der Waals surface area contributed by atoms with Gasteiger partial charge in [0.15, 0.2) is 0 Å². The van der Waals surface area contributed by atoms with Crippen LogP contribution in [0.5, 0.6) is 0 Å². The second kappa shape index (κ2) is 8.53. The van der Waals surface area contributed by atoms with Crippen LogP contribution < -0.4 is 16.2 Å². The van der Waals surface area contributed by atoms with Crippen molar-refractivity contribution in [3.63, 3.8) is 0 Å². The molecule has 0 radical (unpaired) electrons. The molecular weight excluding hydrogens is 434 g/mol. The minimum atomic E-state index is -0.897. The number of allylic oxidation sites excluding steroid dienone is 2. The van der Waals surface area contributed by atoms with Crippen molar-refractivity contribution >= 4 is 27.7 Å². The lowest BCUT2D eigenvalue weighted by Crippen LogP contribution is -2.54. The summed E-state index contributed by atoms with van der Waals surface area (Å²) in [6, 6.07) is 0. The van der Waals surface area contributed by atoms with Gasteiger partial charge >= 0.3 is 0 Å². The van der Waals surface area contributed by atoms with E-state index in [2.05, 4.69) is 38.1 Å². The Balaban J connectivity index is 1.83. The number of pyridine rings is 1. The van der Waals surface area contributed by atoms with Gasteiger partial charge in [-0.05, 0) is 62.8 Å². The van der Waals surface area contributed by atoms with Gasteiger partial charge in [-0.1, -0.05) is 34.7 Å². The van der Waals surface area contributed by atoms with Crippen molar-refractivity contribution in [2.24, 2.45) is 5.92 Å². The number of halogens is 1. The van der Waals surface area contributed by atoms with Crippen LogP contribution >= 0.6 is 15.9 Å². The van der Waals surface area contributed by atoms with Crippen LogP contribution in [0.4, 0.5) is 0 Å². The van der Waals surface area contributed by atoms with E-state index in [0.717, 1.165) is 41.4 Å². The lowest BCUT2D eigenvalue weighted by atomic mass is 9.81. The van der Waals surface area contributed by atoms with Crippen LogP contribution in [0.1, 0.15) is 42.1 Å². The molecule has 154 valence electrons. The molecule has 6 nitrogen and oxygen atoms in total. The van der Waals surface area contributed by atoms with Crippen molar-refractivity contribution in [2.75, 3.05) is 0 Å². The van der Waals surface area contributed by atoms with Gasteiger partial charge in [-0.2, -0.15) is 0 Å². The summed E-state index contributed by atoms with van der Waals surface area (Å²) < 4.78 is 0.758. The summed E-state index contributed by atoms with van der Waals surface area (Å²) in [6.45, 7) is 7.35. The number of aromatic amines is 1. The summed E-state index contributed by atoms with van der Waals surface area (Å²) in [5, 5.41) is 5.74. The highest BCUT2D eigenvalue weighted by atomic mass is 79.9. The van der Waals surface area contributed by atoms with E-state index in [9.17, 15) is 14.4 Å². The minimum Gasteiger partial charge on any atom is -0.351 e. The van der Waals surface area contributed by atoms with E-state index >= 15 is 0 Å². The van der Waals surface area contributed by atoms with Crippen LogP contribution in [0.15, 0.2) is 40.2 Å². The number of nitrogens with one attached hydrogen (secondary N) is 3. The van der Waals surface area contributed by atoms with Crippen molar-refractivity contribution in [2.45, 2.75) is 51.6 Å². The Kier molecular flexibility index (Phi) is 6.27. The van der Waals surface area contributed by atoms with Crippen molar-refractivity contribution in [1.82, 2.24) is 15.6 Å². The molecule has 0 fully saturated rings. The molecule has 7 heteroatoms. The van der Waals surface area contributed by atoms with Crippen molar-refractivity contribution in [3.05, 3.63) is 68.1 Å². The van der Waals surface area contributed by atoms with Crippen LogP contribution in [-0.4, -0.2) is 22.3 Å². The zero-order valence-corrected chi connectivity index (χ0v) is 18.3. The Morgan fingerprint density at radius 3 is 2.72 bits per heavy atom. The fourth-order valence-electron chi connectivity index (χ4n) is 4.11. The molecule has 2 amide bonds. The fourth-order valence-corrected chi connectivity index (χ4v) is 4.51. The average molecular weight is 460 g/mol. The predicted molar refractivity (Wildman–Crippen MR) is 117 cm³/mol. The zero-order chi connectivity index (χ0) is 21.2. The van der Waals surface area contributed by atoms with Gasteiger partial charge in [0, 0.05) is 22.3 Å². The molecule has 3 N–H and O–H groups in total. The van der Waals surface area contributed by atoms with Crippen molar-refractivity contribution < 1.29 is 9.59 Å². The molecule has 2 aliphatic carbocycles. The van der Waals surface area contributed by atoms with Gasteiger partial charge in [-0.3, -0.25) is 14.4 Å². The van der Waals surface area contributed by atoms with Crippen LogP contribution in [0.2, 0.25) is 0 Å². The number of carbonyl (C=O) groups is 2. The van der Waals surface area contributed by atoms with Gasteiger partial charge < -0.3 is 15.6 Å². The molecule has 0 saturated carbocycles. The Bertz CT molecular complexity index is 976. The van der Waals surface area contributed by atoms with E-state index in [1.807, 2.05) is 6.92 Å². The number of hydrogen-bond donors (Lipinski definition) is 3. The third-order valence-corrected chi connectivity index (χ3v) is 6.25. The van der Waals surface area contributed by atoms with E-state index in [1.165, 1.54) is 11.6 Å². The maximum Gasteiger partial charge on any atom is 0.253 e. The van der Waals surface area contributed by atoms with Gasteiger partial charge in [0.1, 0.15) is 0 Å². The molecule has 29 heavy (non-hydrogen) atoms. The Labute approximate surface area is 178 Å². The molecule has 1 aromatic rings. The highest BCUT2D eigenvalue weighted by Crippen LogP contribution is 2.30. The highest BCUT2D eigenvalue weighted by Gasteiger charge is 2.38. The molecule has 2 aliphatic rings. The van der Waals surface area contributed by atoms with E-state index in [-0.39, 0.29) is 23.9 Å². The number of fused-ring (bicyclic) bond motifs is 1. The summed E-state index contributed by atoms with van der Waals surface area (Å²) in [6.07, 6.45) is 10.5. The Morgan fingerprint density at radius 2 is 2.03 bits per heavy atom. The summed E-state index contributed by atoms with van der Waals surface area (Å²) >= 11 is 3.40. The summed E-state index contributed by atoms with van der Waals surface area (Å²) in [5.41, 5.74) is 2.78. The van der Waals surface area contributed by atoms with Crippen molar-refractivity contribution in [1.29, 1.82) is 0 Å². The lowest BCUT2D eigenvalue weighted by molar-refractivity contribution is -0.126. The van der Waals surface area contributed by atoms with Crippen LogP contribution in [-0.2, 0) is 29.0 Å². The molecule has 1 aromatic heterocycles. The molecule has 0 aromatic carbocycles. The molecular formula is C22H26BrN3O3. The fraction of sp³-hybridized carbons (Fsp3) is 0.409. The number of rotatable bonds is 5. The van der Waals surface area contributed by atoms with Crippen LogP contribution in [0.25, 0.3) is 0 Å². The second-order valence-corrected chi connectivity index (χ2v) is 8.69. The molecule has 0 saturated heterocycles. The second-order valence-electron chi connectivity index (χ2n) is 7.78. The summed E-state index contributed by atoms with van der Waals surface area (Å²) in [5.74, 6) is -1.25. The number of aromatic nitrogens is 1. The molecule has 2 atom stereocenters. The SMILES string of the molecule is C=CC(=O)NC1(C)C=CC(Br)=CC1C(=O)NCc1c2c(c(C)[nH]c1=O)CCCC2. The lowest BCUT2D eigenvalue weighted by Gasteiger charge is -2.35. The molecule has 0 aliphatic heterocycles. The number of amides is 2. The normalized spacial score (nSPS) is 23.0. The largest absolute Gasteiger partial charge is 0.351 e. The maximum absolute atomic E-state index is 13.0. The van der Waals surface area contributed by atoms with Gasteiger partial charge in [-0.25, -0.2) is 0 Å². The smallest absolute Gasteiger partial charge is 0.253 e. The third kappa shape index (κ3) is 4.45. The van der Waals surface area contributed by atoms with E-state index < -0.39 is 11.5 Å². The standard InChI is InChI=1S/C22H26BrN3O3/c1-4-19(27)26-22(3)10-9-14(23)11-18(22)21(29)24-12-17-16-8-6-5-7-15(16)13(2)25-20(17)28/h4,9-11,18H,1,5-8,12H2,2-3H3,(H,24,29)(H,25,28)(H,26,27). The number of hydrogen-bond acceptors (Lipinski definition) is 3. The third-order valence-electron chi connectivity index (χ3n) is 5.72. The Hall–Kier alpha value is -2.41. The Morgan fingerprint density at radius 1 is 1.34 bits per heavy atom. The first-order valence-corrected chi connectivity index (χ1v) is 10.6. The van der Waals surface area contributed by atoms with E-state index in [0.29, 0.717) is 5.56 Å². The predicted octanol–water partition coefficient (Wildman–Crippen LogP) is 2.70. The maximum atomic E-state index is 13.0. The summed E-state index contributed by atoms with van der Waals surface area (Å²) in [4.78, 5) is 40.4. The number of carbonyl (C=O) groups excluding carboxylic acids is 2. The zero-order valence-electron chi connectivity index (χ0n) is 16.7. The molecule has 0 spiro atoms. The quantitative estimate of drug-likeness (QED) is 0.591. The van der Waals surface area contributed by atoms with E-state index in [1.54, 1.807) is 25.2 Å². The van der Waals surface area contributed by atoms with Crippen LogP contribution in [0.3, 0.4) is 0 Å².